The van der Waals surface area contributed by atoms with E-state index in [1.54, 1.807) is 5.38 Å². The Labute approximate surface area is 64.9 Å². The average molecular weight is 156 g/mol. The smallest absolute Gasteiger partial charge is 0.274 e. The van der Waals surface area contributed by atoms with Crippen molar-refractivity contribution in [2.24, 2.45) is 0 Å². The summed E-state index contributed by atoms with van der Waals surface area (Å²) in [6, 6.07) is 0. The van der Waals surface area contributed by atoms with Gasteiger partial charge in [-0.15, -0.1) is 0 Å². The highest BCUT2D eigenvalue weighted by atomic mass is 32.1. The van der Waals surface area contributed by atoms with Gasteiger partial charge in [-0.1, -0.05) is 11.3 Å². The summed E-state index contributed by atoms with van der Waals surface area (Å²) >= 11 is 1.46. The molecule has 0 saturated carbocycles. The summed E-state index contributed by atoms with van der Waals surface area (Å²) in [5.41, 5.74) is -0.147. The van der Waals surface area contributed by atoms with Gasteiger partial charge in [0.2, 0.25) is 0 Å². The van der Waals surface area contributed by atoms with Gasteiger partial charge in [-0.2, -0.15) is 0 Å². The number of ether oxygens (including phenoxy) is 1. The van der Waals surface area contributed by atoms with Crippen LogP contribution in [0.4, 0.5) is 0 Å². The third-order valence-corrected chi connectivity index (χ3v) is 1.36. The highest BCUT2D eigenvalue weighted by Gasteiger charge is 2.12. The molecule has 0 spiro atoms. The average Bonchev–Trinajstić information content (AvgIpc) is 2.12. The first-order valence-corrected chi connectivity index (χ1v) is 3.96. The highest BCUT2D eigenvalue weighted by molar-refractivity contribution is 7.11. The van der Waals surface area contributed by atoms with Crippen LogP contribution in [0.5, 0.6) is 5.19 Å². The van der Waals surface area contributed by atoms with Crippen LogP contribution in [-0.2, 0) is 0 Å². The number of thiazole rings is 1. The topological polar surface area (TPSA) is 22.1 Å². The first-order chi connectivity index (χ1) is 4.58. The number of aromatic nitrogens is 1. The van der Waals surface area contributed by atoms with E-state index in [0.717, 1.165) is 0 Å². The van der Waals surface area contributed by atoms with Crippen molar-refractivity contribution in [3.05, 3.63) is 11.6 Å². The first kappa shape index (κ1) is 7.54. The molecule has 0 fully saturated rings. The fourth-order valence-electron chi connectivity index (χ4n) is 0.491. The van der Waals surface area contributed by atoms with Crippen molar-refractivity contribution < 1.29 is 4.74 Å². The second-order valence-electron chi connectivity index (χ2n) is 2.96. The molecule has 2 nitrogen and oxygen atoms in total. The molecule has 1 rings (SSSR count). The minimum absolute atomic E-state index is 0.147. The maximum absolute atomic E-state index is 5.42. The molecular formula is C7H10NOS. The molecule has 0 aromatic carbocycles. The number of nitrogens with zero attached hydrogens (tertiary/aromatic N) is 1. The van der Waals surface area contributed by atoms with Crippen molar-refractivity contribution >= 4 is 11.3 Å². The zero-order chi connectivity index (χ0) is 7.61. The van der Waals surface area contributed by atoms with Crippen LogP contribution in [-0.4, -0.2) is 10.6 Å². The lowest BCUT2D eigenvalue weighted by atomic mass is 10.2. The van der Waals surface area contributed by atoms with E-state index in [-0.39, 0.29) is 5.60 Å². The Morgan fingerprint density at radius 2 is 2.30 bits per heavy atom. The van der Waals surface area contributed by atoms with E-state index in [1.807, 2.05) is 20.8 Å². The highest BCUT2D eigenvalue weighted by Crippen LogP contribution is 2.19. The fourth-order valence-corrected chi connectivity index (χ4v) is 1.10. The summed E-state index contributed by atoms with van der Waals surface area (Å²) in [6.07, 6.45) is 2.70. The zero-order valence-corrected chi connectivity index (χ0v) is 7.16. The van der Waals surface area contributed by atoms with Crippen LogP contribution < -0.4 is 4.74 Å². The van der Waals surface area contributed by atoms with Crippen LogP contribution in [0.2, 0.25) is 0 Å². The Morgan fingerprint density at radius 1 is 1.60 bits per heavy atom. The molecule has 1 radical (unpaired) electrons. The van der Waals surface area contributed by atoms with Crippen molar-refractivity contribution in [3.8, 4) is 5.19 Å². The van der Waals surface area contributed by atoms with Crippen molar-refractivity contribution in [1.29, 1.82) is 0 Å². The molecule has 55 valence electrons. The molecule has 10 heavy (non-hydrogen) atoms. The van der Waals surface area contributed by atoms with Crippen LogP contribution >= 0.6 is 11.3 Å². The van der Waals surface area contributed by atoms with Crippen molar-refractivity contribution in [3.63, 3.8) is 0 Å². The number of rotatable bonds is 1. The number of hydrogen-bond acceptors (Lipinski definition) is 3. The van der Waals surface area contributed by atoms with Gasteiger partial charge in [0.15, 0.2) is 0 Å². The summed E-state index contributed by atoms with van der Waals surface area (Å²) in [6.45, 7) is 5.98. The minimum Gasteiger partial charge on any atom is -0.464 e. The van der Waals surface area contributed by atoms with Crippen LogP contribution in [0.3, 0.4) is 0 Å². The summed E-state index contributed by atoms with van der Waals surface area (Å²) in [5.74, 6) is 0. The lowest BCUT2D eigenvalue weighted by molar-refractivity contribution is 0.130. The van der Waals surface area contributed by atoms with E-state index in [1.165, 1.54) is 11.3 Å². The van der Waals surface area contributed by atoms with E-state index in [0.29, 0.717) is 5.19 Å². The Balaban J connectivity index is 2.57. The molecule has 0 aliphatic carbocycles. The standard InChI is InChI=1S/C7H10NOS/c1-7(2,3)9-6-8-4-5-10-6/h5H,1-3H3. The monoisotopic (exact) mass is 156 g/mol. The Bertz CT molecular complexity index is 188. The molecule has 0 aliphatic heterocycles. The quantitative estimate of drug-likeness (QED) is 0.621. The molecule has 1 heterocycles. The molecule has 3 heteroatoms. The molecular weight excluding hydrogens is 146 g/mol. The zero-order valence-electron chi connectivity index (χ0n) is 6.34. The minimum atomic E-state index is -0.147. The van der Waals surface area contributed by atoms with E-state index in [9.17, 15) is 0 Å². The number of hydrogen-bond donors (Lipinski definition) is 0. The fraction of sp³-hybridized carbons (Fsp3) is 0.571. The summed E-state index contributed by atoms with van der Waals surface area (Å²) in [7, 11) is 0. The van der Waals surface area contributed by atoms with E-state index >= 15 is 0 Å². The SMILES string of the molecule is CC(C)(C)Oc1n[c]cs1. The molecule has 0 amide bonds. The second-order valence-corrected chi connectivity index (χ2v) is 3.78. The summed E-state index contributed by atoms with van der Waals surface area (Å²) in [4.78, 5) is 3.87. The normalized spacial score (nSPS) is 11.5. The molecule has 0 bridgehead atoms. The van der Waals surface area contributed by atoms with Gasteiger partial charge < -0.3 is 4.74 Å². The maximum atomic E-state index is 5.42. The third kappa shape index (κ3) is 2.35. The van der Waals surface area contributed by atoms with Gasteiger partial charge in [0.25, 0.3) is 5.19 Å². The van der Waals surface area contributed by atoms with Gasteiger partial charge in [0.05, 0.1) is 0 Å². The maximum Gasteiger partial charge on any atom is 0.274 e. The van der Waals surface area contributed by atoms with Crippen LogP contribution in [0.25, 0.3) is 0 Å². The van der Waals surface area contributed by atoms with Gasteiger partial charge in [-0.3, -0.25) is 0 Å². The van der Waals surface area contributed by atoms with Gasteiger partial charge in [0.1, 0.15) is 11.8 Å². The van der Waals surface area contributed by atoms with Crippen molar-refractivity contribution in [2.75, 3.05) is 0 Å². The molecule has 0 N–H and O–H groups in total. The van der Waals surface area contributed by atoms with Gasteiger partial charge in [-0.25, -0.2) is 4.98 Å². The van der Waals surface area contributed by atoms with E-state index in [2.05, 4.69) is 11.2 Å². The van der Waals surface area contributed by atoms with Gasteiger partial charge in [0, 0.05) is 5.38 Å². The molecule has 1 aromatic heterocycles. The third-order valence-electron chi connectivity index (χ3n) is 0.762. The van der Waals surface area contributed by atoms with Crippen LogP contribution in [0.15, 0.2) is 5.38 Å². The van der Waals surface area contributed by atoms with Crippen molar-refractivity contribution in [1.82, 2.24) is 4.98 Å². The summed E-state index contributed by atoms with van der Waals surface area (Å²) in [5, 5.41) is 2.47. The molecule has 0 atom stereocenters. The molecule has 0 unspecified atom stereocenters. The van der Waals surface area contributed by atoms with Crippen molar-refractivity contribution in [2.45, 2.75) is 26.4 Å². The second kappa shape index (κ2) is 2.58. The van der Waals surface area contributed by atoms with Crippen LogP contribution in [0.1, 0.15) is 20.8 Å². The molecule has 0 saturated heterocycles. The van der Waals surface area contributed by atoms with E-state index < -0.39 is 0 Å². The molecule has 1 aromatic rings. The van der Waals surface area contributed by atoms with Gasteiger partial charge in [-0.05, 0) is 20.8 Å². The Kier molecular flexibility index (Phi) is 1.94. The van der Waals surface area contributed by atoms with Crippen LogP contribution in [0, 0.1) is 6.20 Å². The summed E-state index contributed by atoms with van der Waals surface area (Å²) < 4.78 is 5.42. The Hall–Kier alpha value is -0.570. The Morgan fingerprint density at radius 3 is 2.70 bits per heavy atom. The van der Waals surface area contributed by atoms with Gasteiger partial charge >= 0.3 is 0 Å². The largest absolute Gasteiger partial charge is 0.464 e. The van der Waals surface area contributed by atoms with E-state index in [4.69, 9.17) is 4.74 Å². The lowest BCUT2D eigenvalue weighted by Crippen LogP contribution is -2.22. The first-order valence-electron chi connectivity index (χ1n) is 3.08. The lowest BCUT2D eigenvalue weighted by Gasteiger charge is -2.18. The predicted molar refractivity (Wildman–Crippen MR) is 41.3 cm³/mol. The predicted octanol–water partition coefficient (Wildman–Crippen LogP) is 2.12. The molecule has 0 aliphatic rings.